The lowest BCUT2D eigenvalue weighted by Gasteiger charge is -2.37. The molecule has 1 atom stereocenters. The molecule has 0 aliphatic carbocycles. The van der Waals surface area contributed by atoms with Crippen molar-refractivity contribution >= 4 is 27.6 Å². The molecule has 1 unspecified atom stereocenters. The molecule has 37 heavy (non-hydrogen) atoms. The monoisotopic (exact) mass is 521 g/mol. The number of benzene rings is 3. The predicted molar refractivity (Wildman–Crippen MR) is 138 cm³/mol. The van der Waals surface area contributed by atoms with Crippen LogP contribution in [0.3, 0.4) is 0 Å². The fourth-order valence-electron chi connectivity index (χ4n) is 4.93. The molecular formula is C28H28FN3O4S. The smallest absolute Gasteiger partial charge is 0.338 e. The Labute approximate surface area is 216 Å². The lowest BCUT2D eigenvalue weighted by atomic mass is 10.1. The Balaban J connectivity index is 1.37. The minimum Gasteiger partial charge on any atom is -0.338 e. The first-order valence-corrected chi connectivity index (χ1v) is 13.7. The van der Waals surface area contributed by atoms with Gasteiger partial charge in [-0.05, 0) is 47.4 Å². The van der Waals surface area contributed by atoms with Crippen LogP contribution in [0.1, 0.15) is 30.0 Å². The molecule has 0 spiro atoms. The number of amides is 3. The van der Waals surface area contributed by atoms with Crippen LogP contribution >= 0.6 is 0 Å². The molecule has 0 aromatic heterocycles. The van der Waals surface area contributed by atoms with Gasteiger partial charge in [-0.2, -0.15) is 0 Å². The number of rotatable bonds is 7. The molecule has 2 aliphatic rings. The van der Waals surface area contributed by atoms with Gasteiger partial charge in [0, 0.05) is 32.0 Å². The van der Waals surface area contributed by atoms with Crippen molar-refractivity contribution in [2.24, 2.45) is 5.92 Å². The van der Waals surface area contributed by atoms with E-state index >= 15 is 0 Å². The molecule has 3 amide bonds. The van der Waals surface area contributed by atoms with Gasteiger partial charge in [0.15, 0.2) is 0 Å². The summed E-state index contributed by atoms with van der Waals surface area (Å²) in [6, 6.07) is 19.3. The number of nitrogens with zero attached hydrogens (tertiary/aromatic N) is 3. The summed E-state index contributed by atoms with van der Waals surface area (Å²) in [5.74, 6) is -0.577. The number of likely N-dealkylation sites (tertiary alicyclic amines) is 1. The highest BCUT2D eigenvalue weighted by molar-refractivity contribution is 7.90. The van der Waals surface area contributed by atoms with E-state index in [1.54, 1.807) is 23.1 Å². The van der Waals surface area contributed by atoms with Gasteiger partial charge in [-0.1, -0.05) is 55.5 Å². The summed E-state index contributed by atoms with van der Waals surface area (Å²) < 4.78 is 40.9. The lowest BCUT2D eigenvalue weighted by molar-refractivity contribution is -0.128. The lowest BCUT2D eigenvalue weighted by Crippen LogP contribution is -2.51. The average Bonchev–Trinajstić information content (AvgIpc) is 3.24. The Bertz CT molecular complexity index is 1420. The normalized spacial score (nSPS) is 18.9. The van der Waals surface area contributed by atoms with Crippen molar-refractivity contribution in [2.75, 3.05) is 18.0 Å². The van der Waals surface area contributed by atoms with E-state index in [4.69, 9.17) is 0 Å². The molecular weight excluding hydrogens is 493 g/mol. The first-order valence-electron chi connectivity index (χ1n) is 12.3. The number of carbonyl (C=O) groups is 2. The molecule has 1 fully saturated rings. The number of sulfonamides is 1. The first kappa shape index (κ1) is 25.0. The van der Waals surface area contributed by atoms with Gasteiger partial charge in [0.05, 0.1) is 12.2 Å². The molecule has 0 bridgehead atoms. The third kappa shape index (κ3) is 4.96. The molecule has 5 rings (SSSR count). The summed E-state index contributed by atoms with van der Waals surface area (Å²) in [5, 5.41) is 0. The number of hydrogen-bond donors (Lipinski definition) is 0. The Morgan fingerprint density at radius 2 is 1.49 bits per heavy atom. The number of fused-ring (bicyclic) bond motifs is 1. The fraction of sp³-hybridized carbons (Fsp3) is 0.286. The third-order valence-corrected chi connectivity index (χ3v) is 8.71. The maximum Gasteiger partial charge on any atom is 0.338 e. The molecule has 7 nitrogen and oxygen atoms in total. The molecule has 0 saturated carbocycles. The summed E-state index contributed by atoms with van der Waals surface area (Å²) in [4.78, 5) is 29.7. The topological polar surface area (TPSA) is 78.0 Å². The molecule has 2 heterocycles. The average molecular weight is 522 g/mol. The highest BCUT2D eigenvalue weighted by atomic mass is 32.2. The van der Waals surface area contributed by atoms with Crippen LogP contribution in [-0.4, -0.2) is 42.7 Å². The maximum absolute atomic E-state index is 13.6. The van der Waals surface area contributed by atoms with Crippen LogP contribution < -0.4 is 4.90 Å². The minimum atomic E-state index is -4.10. The SMILES string of the molecule is CCc1ccc(CN2CC(CN3C(=O)N(Cc4ccc(F)cc4)S(=O)(=O)c4ccccc43)CC2=O)cc1. The van der Waals surface area contributed by atoms with Crippen molar-refractivity contribution in [1.29, 1.82) is 0 Å². The van der Waals surface area contributed by atoms with E-state index in [1.807, 2.05) is 12.1 Å². The number of carbonyl (C=O) groups excluding carboxylic acids is 2. The summed E-state index contributed by atoms with van der Waals surface area (Å²) in [5.41, 5.74) is 3.08. The number of urea groups is 1. The zero-order valence-electron chi connectivity index (χ0n) is 20.5. The van der Waals surface area contributed by atoms with Gasteiger partial charge in [0.2, 0.25) is 5.91 Å². The van der Waals surface area contributed by atoms with Crippen LogP contribution in [0.4, 0.5) is 14.9 Å². The zero-order chi connectivity index (χ0) is 26.2. The van der Waals surface area contributed by atoms with Gasteiger partial charge in [0.1, 0.15) is 10.7 Å². The first-order chi connectivity index (χ1) is 17.8. The van der Waals surface area contributed by atoms with E-state index in [-0.39, 0.29) is 36.2 Å². The summed E-state index contributed by atoms with van der Waals surface area (Å²) >= 11 is 0. The van der Waals surface area contributed by atoms with Gasteiger partial charge < -0.3 is 4.90 Å². The quantitative estimate of drug-likeness (QED) is 0.457. The number of anilines is 1. The van der Waals surface area contributed by atoms with E-state index < -0.39 is 21.9 Å². The second kappa shape index (κ2) is 9.97. The number of aryl methyl sites for hydroxylation is 1. The van der Waals surface area contributed by atoms with Crippen LogP contribution in [0.15, 0.2) is 77.7 Å². The minimum absolute atomic E-state index is 0.0121. The van der Waals surface area contributed by atoms with Crippen molar-refractivity contribution < 1.29 is 22.4 Å². The molecule has 192 valence electrons. The highest BCUT2D eigenvalue weighted by Crippen LogP contribution is 2.36. The Kier molecular flexibility index (Phi) is 6.72. The third-order valence-electron chi connectivity index (χ3n) is 6.95. The predicted octanol–water partition coefficient (Wildman–Crippen LogP) is 4.57. The van der Waals surface area contributed by atoms with Gasteiger partial charge >= 0.3 is 6.03 Å². The molecule has 3 aromatic carbocycles. The van der Waals surface area contributed by atoms with Gasteiger partial charge in [-0.15, -0.1) is 0 Å². The Morgan fingerprint density at radius 3 is 2.19 bits per heavy atom. The standard InChI is InChI=1S/C28H28FN3O4S/c1-2-20-7-9-21(10-8-20)16-30-17-23(15-27(30)33)18-31-25-5-3-4-6-26(25)37(35,36)32(28(31)34)19-22-11-13-24(29)14-12-22/h3-14,23H,2,15-19H2,1H3. The van der Waals surface area contributed by atoms with Crippen molar-refractivity contribution in [3.05, 3.63) is 95.3 Å². The largest absolute Gasteiger partial charge is 0.338 e. The van der Waals surface area contributed by atoms with Crippen LogP contribution in [0, 0.1) is 11.7 Å². The molecule has 0 N–H and O–H groups in total. The Hall–Kier alpha value is -3.72. The summed E-state index contributed by atoms with van der Waals surface area (Å²) in [7, 11) is -4.10. The van der Waals surface area contributed by atoms with Crippen molar-refractivity contribution in [3.63, 3.8) is 0 Å². The molecule has 0 radical (unpaired) electrons. The van der Waals surface area contributed by atoms with Crippen LogP contribution in [0.2, 0.25) is 0 Å². The van der Waals surface area contributed by atoms with Crippen molar-refractivity contribution in [2.45, 2.75) is 37.8 Å². The van der Waals surface area contributed by atoms with E-state index in [9.17, 15) is 22.4 Å². The van der Waals surface area contributed by atoms with E-state index in [2.05, 4.69) is 19.1 Å². The molecule has 9 heteroatoms. The zero-order valence-corrected chi connectivity index (χ0v) is 21.3. The Morgan fingerprint density at radius 1 is 0.865 bits per heavy atom. The summed E-state index contributed by atoms with van der Waals surface area (Å²) in [6.07, 6.45) is 1.23. The highest BCUT2D eigenvalue weighted by Gasteiger charge is 2.43. The van der Waals surface area contributed by atoms with Gasteiger partial charge in [-0.25, -0.2) is 21.9 Å². The second-order valence-electron chi connectivity index (χ2n) is 9.51. The molecule has 2 aliphatic heterocycles. The maximum atomic E-state index is 13.6. The van der Waals surface area contributed by atoms with E-state index in [0.29, 0.717) is 24.3 Å². The van der Waals surface area contributed by atoms with Gasteiger partial charge in [0.25, 0.3) is 10.0 Å². The summed E-state index contributed by atoms with van der Waals surface area (Å²) in [6.45, 7) is 3.06. The van der Waals surface area contributed by atoms with Gasteiger partial charge in [-0.3, -0.25) is 9.69 Å². The van der Waals surface area contributed by atoms with Crippen LogP contribution in [0.5, 0.6) is 0 Å². The number of hydrogen-bond acceptors (Lipinski definition) is 4. The van der Waals surface area contributed by atoms with E-state index in [1.165, 1.54) is 40.8 Å². The molecule has 3 aromatic rings. The van der Waals surface area contributed by atoms with E-state index in [0.717, 1.165) is 16.3 Å². The molecule has 1 saturated heterocycles. The second-order valence-corrected chi connectivity index (χ2v) is 11.3. The number of para-hydroxylation sites is 1. The van der Waals surface area contributed by atoms with Crippen LogP contribution in [0.25, 0.3) is 0 Å². The van der Waals surface area contributed by atoms with Crippen molar-refractivity contribution in [1.82, 2.24) is 9.21 Å². The van der Waals surface area contributed by atoms with Crippen molar-refractivity contribution in [3.8, 4) is 0 Å². The fourth-order valence-corrected chi connectivity index (χ4v) is 6.48. The van der Waals surface area contributed by atoms with Crippen LogP contribution in [-0.2, 0) is 34.3 Å². The number of halogens is 1.